The molecule has 0 saturated carbocycles. The van der Waals surface area contributed by atoms with E-state index in [4.69, 9.17) is 13.7 Å². The van der Waals surface area contributed by atoms with E-state index in [1.807, 2.05) is 12.1 Å². The normalized spacial score (nSPS) is 13.3. The Bertz CT molecular complexity index is 1540. The van der Waals surface area contributed by atoms with Crippen molar-refractivity contribution in [3.8, 4) is 11.6 Å². The minimum atomic E-state index is -1.94. The SMILES string of the molecule is COC(=O)c1cnc(-c2oc3cnccc3c2Nc2ccc3c(c2)CC=C3NO[Si](C)(C)C(C)(C)C)nc1. The van der Waals surface area contributed by atoms with E-state index >= 15 is 0 Å². The Balaban J connectivity index is 1.41. The van der Waals surface area contributed by atoms with E-state index in [1.165, 1.54) is 25.1 Å². The van der Waals surface area contributed by atoms with E-state index in [0.717, 1.165) is 34.4 Å². The lowest BCUT2D eigenvalue weighted by Gasteiger charge is -2.35. The average molecular weight is 530 g/mol. The van der Waals surface area contributed by atoms with Crippen LogP contribution < -0.4 is 10.8 Å². The molecule has 0 saturated heterocycles. The molecule has 0 spiro atoms. The number of carbonyl (C=O) groups is 1. The van der Waals surface area contributed by atoms with E-state index in [1.54, 1.807) is 12.4 Å². The monoisotopic (exact) mass is 529 g/mol. The van der Waals surface area contributed by atoms with E-state index < -0.39 is 14.3 Å². The number of furan rings is 1. The van der Waals surface area contributed by atoms with Gasteiger partial charge in [0.05, 0.1) is 30.3 Å². The van der Waals surface area contributed by atoms with Crippen molar-refractivity contribution in [3.05, 3.63) is 71.8 Å². The molecule has 1 aliphatic carbocycles. The molecular weight excluding hydrogens is 498 g/mol. The number of methoxy groups -OCH3 is 1. The number of aromatic nitrogens is 3. The summed E-state index contributed by atoms with van der Waals surface area (Å²) in [4.78, 5) is 24.7. The van der Waals surface area contributed by atoms with Gasteiger partial charge in [-0.1, -0.05) is 32.9 Å². The van der Waals surface area contributed by atoms with Crippen LogP contribution in [0.2, 0.25) is 18.1 Å². The fourth-order valence-corrected chi connectivity index (χ4v) is 4.57. The number of ether oxygens (including phenoxy) is 1. The summed E-state index contributed by atoms with van der Waals surface area (Å²) in [5, 5.41) is 4.46. The van der Waals surface area contributed by atoms with Crippen LogP contribution in [0, 0.1) is 0 Å². The van der Waals surface area contributed by atoms with Gasteiger partial charge in [0.2, 0.25) is 8.32 Å². The smallest absolute Gasteiger partial charge is 0.341 e. The molecule has 5 rings (SSSR count). The minimum Gasteiger partial charge on any atom is -0.465 e. The number of nitrogens with zero attached hydrogens (tertiary/aromatic N) is 3. The molecule has 9 nitrogen and oxygen atoms in total. The van der Waals surface area contributed by atoms with Gasteiger partial charge in [0.15, 0.2) is 17.2 Å². The first-order valence-electron chi connectivity index (χ1n) is 12.4. The highest BCUT2D eigenvalue weighted by molar-refractivity contribution is 6.74. The first-order chi connectivity index (χ1) is 18.1. The molecule has 3 aromatic heterocycles. The molecule has 0 fully saturated rings. The van der Waals surface area contributed by atoms with Crippen LogP contribution in [0.5, 0.6) is 0 Å². The molecule has 0 aliphatic heterocycles. The molecule has 10 heteroatoms. The van der Waals surface area contributed by atoms with E-state index in [9.17, 15) is 4.79 Å². The van der Waals surface area contributed by atoms with Gasteiger partial charge >= 0.3 is 5.97 Å². The van der Waals surface area contributed by atoms with Crippen LogP contribution in [0.15, 0.2) is 59.5 Å². The molecule has 1 aromatic carbocycles. The second kappa shape index (κ2) is 9.69. The second-order valence-corrected chi connectivity index (χ2v) is 15.5. The van der Waals surface area contributed by atoms with Gasteiger partial charge in [-0.15, -0.1) is 0 Å². The fourth-order valence-electron chi connectivity index (χ4n) is 3.90. The standard InChI is InChI=1S/C28H31N5O4Si/c1-28(2,3)38(5,6)37-33-22-10-7-17-13-19(8-9-20(17)22)32-24-21-11-12-29-16-23(21)36-25(24)26-30-14-18(15-31-26)27(34)35-4/h8-16,32-33H,7H2,1-6H3. The Hall–Kier alpha value is -4.02. The van der Waals surface area contributed by atoms with Crippen LogP contribution in [0.25, 0.3) is 28.3 Å². The number of benzene rings is 1. The number of anilines is 2. The summed E-state index contributed by atoms with van der Waals surface area (Å²) in [6.07, 6.45) is 9.16. The van der Waals surface area contributed by atoms with Gasteiger partial charge in [-0.05, 0) is 48.3 Å². The second-order valence-electron chi connectivity index (χ2n) is 10.7. The van der Waals surface area contributed by atoms with E-state index in [-0.39, 0.29) is 10.6 Å². The van der Waals surface area contributed by atoms with Crippen LogP contribution in [-0.2, 0) is 15.7 Å². The lowest BCUT2D eigenvalue weighted by Crippen LogP contribution is -2.44. The number of esters is 1. The molecule has 0 amide bonds. The first-order valence-corrected chi connectivity index (χ1v) is 15.3. The highest BCUT2D eigenvalue weighted by Gasteiger charge is 2.38. The highest BCUT2D eigenvalue weighted by atomic mass is 28.4. The highest BCUT2D eigenvalue weighted by Crippen LogP contribution is 2.40. The van der Waals surface area contributed by atoms with Crippen molar-refractivity contribution in [2.45, 2.75) is 45.3 Å². The number of fused-ring (bicyclic) bond motifs is 2. The van der Waals surface area contributed by atoms with Gasteiger partial charge in [-0.2, -0.15) is 0 Å². The zero-order valence-corrected chi connectivity index (χ0v) is 23.4. The summed E-state index contributed by atoms with van der Waals surface area (Å²) < 4.78 is 17.1. The molecule has 4 aromatic rings. The van der Waals surface area contributed by atoms with Crippen LogP contribution in [-0.4, -0.2) is 36.3 Å². The lowest BCUT2D eigenvalue weighted by molar-refractivity contribution is 0.0599. The Morgan fingerprint density at radius 2 is 1.87 bits per heavy atom. The molecule has 0 atom stereocenters. The largest absolute Gasteiger partial charge is 0.465 e. The summed E-state index contributed by atoms with van der Waals surface area (Å²) in [6.45, 7) is 11.1. The maximum Gasteiger partial charge on any atom is 0.341 e. The van der Waals surface area contributed by atoms with Crippen LogP contribution in [0.1, 0.15) is 42.3 Å². The third-order valence-corrected chi connectivity index (χ3v) is 11.4. The zero-order valence-electron chi connectivity index (χ0n) is 22.4. The average Bonchev–Trinajstić information content (AvgIpc) is 3.47. The number of allylic oxidation sites excluding steroid dienone is 1. The predicted molar refractivity (Wildman–Crippen MR) is 149 cm³/mol. The molecular formula is C28H31N5O4Si. The number of hydroxylamine groups is 1. The first kappa shape index (κ1) is 25.6. The Morgan fingerprint density at radius 3 is 2.58 bits per heavy atom. The molecule has 0 bridgehead atoms. The maximum atomic E-state index is 11.8. The fraction of sp³-hybridized carbons (Fsp3) is 0.286. The van der Waals surface area contributed by atoms with Gasteiger partial charge in [0.1, 0.15) is 0 Å². The third-order valence-electron chi connectivity index (χ3n) is 7.18. The summed E-state index contributed by atoms with van der Waals surface area (Å²) in [6, 6.07) is 8.11. The molecule has 0 radical (unpaired) electrons. The summed E-state index contributed by atoms with van der Waals surface area (Å²) >= 11 is 0. The van der Waals surface area contributed by atoms with Crippen molar-refractivity contribution in [2.75, 3.05) is 12.4 Å². The number of hydrogen-bond acceptors (Lipinski definition) is 9. The molecule has 2 N–H and O–H groups in total. The summed E-state index contributed by atoms with van der Waals surface area (Å²) in [5.74, 6) is 0.292. The zero-order chi connectivity index (χ0) is 27.1. The Morgan fingerprint density at radius 1 is 1.11 bits per heavy atom. The predicted octanol–water partition coefficient (Wildman–Crippen LogP) is 6.24. The Kier molecular flexibility index (Phi) is 6.54. The van der Waals surface area contributed by atoms with Gasteiger partial charge < -0.3 is 19.0 Å². The summed E-state index contributed by atoms with van der Waals surface area (Å²) in [5.41, 5.74) is 9.04. The number of nitrogens with one attached hydrogen (secondary N) is 2. The van der Waals surface area contributed by atoms with Gasteiger partial charge in [0, 0.05) is 35.2 Å². The molecule has 196 valence electrons. The van der Waals surface area contributed by atoms with Crippen LogP contribution in [0.3, 0.4) is 0 Å². The number of carbonyl (C=O) groups excluding carboxylic acids is 1. The van der Waals surface area contributed by atoms with E-state index in [2.05, 4.69) is 77.8 Å². The van der Waals surface area contributed by atoms with Gasteiger partial charge in [-0.25, -0.2) is 14.8 Å². The summed E-state index contributed by atoms with van der Waals surface area (Å²) in [7, 11) is -0.625. The van der Waals surface area contributed by atoms with Crippen molar-refractivity contribution in [2.24, 2.45) is 0 Å². The number of rotatable bonds is 7. The molecule has 0 unspecified atom stereocenters. The van der Waals surface area contributed by atoms with Crippen molar-refractivity contribution in [1.82, 2.24) is 20.4 Å². The molecule has 1 aliphatic rings. The molecule has 3 heterocycles. The molecule has 38 heavy (non-hydrogen) atoms. The van der Waals surface area contributed by atoms with Crippen LogP contribution >= 0.6 is 0 Å². The topological polar surface area (TPSA) is 111 Å². The Labute approximate surface area is 222 Å². The van der Waals surface area contributed by atoms with E-state index in [0.29, 0.717) is 17.2 Å². The number of pyridine rings is 1. The number of hydrogen-bond donors (Lipinski definition) is 2. The van der Waals surface area contributed by atoms with Gasteiger partial charge in [-0.3, -0.25) is 10.5 Å². The van der Waals surface area contributed by atoms with Crippen molar-refractivity contribution >= 4 is 42.3 Å². The van der Waals surface area contributed by atoms with Gasteiger partial charge in [0.25, 0.3) is 0 Å². The van der Waals surface area contributed by atoms with Crippen LogP contribution in [0.4, 0.5) is 11.4 Å². The third kappa shape index (κ3) is 4.80. The van der Waals surface area contributed by atoms with Crippen molar-refractivity contribution in [3.63, 3.8) is 0 Å². The minimum absolute atomic E-state index is 0.111. The quantitative estimate of drug-likeness (QED) is 0.163. The lowest BCUT2D eigenvalue weighted by atomic mass is 10.1. The van der Waals surface area contributed by atoms with Crippen molar-refractivity contribution < 1.29 is 18.5 Å². The maximum absolute atomic E-state index is 11.8. The van der Waals surface area contributed by atoms with Crippen molar-refractivity contribution in [1.29, 1.82) is 0 Å².